The molecule has 2 aromatic heterocycles. The maximum absolute atomic E-state index is 14.5. The summed E-state index contributed by atoms with van der Waals surface area (Å²) in [6.07, 6.45) is 9.53. The lowest BCUT2D eigenvalue weighted by molar-refractivity contribution is -0.129. The second kappa shape index (κ2) is 9.58. The first-order chi connectivity index (χ1) is 17.1. The van der Waals surface area contributed by atoms with Gasteiger partial charge in [-0.25, -0.2) is 4.98 Å². The summed E-state index contributed by atoms with van der Waals surface area (Å²) >= 11 is 0. The van der Waals surface area contributed by atoms with E-state index in [0.29, 0.717) is 12.3 Å². The number of benzene rings is 2. The second-order valence-corrected chi connectivity index (χ2v) is 8.30. The Hall–Kier alpha value is -4.20. The Balaban J connectivity index is 1.49. The molecule has 1 atom stereocenters. The van der Waals surface area contributed by atoms with E-state index < -0.39 is 5.82 Å². The minimum atomic E-state index is -0.555. The molecule has 2 aromatic carbocycles. The van der Waals surface area contributed by atoms with Crippen molar-refractivity contribution in [2.24, 2.45) is 0 Å². The van der Waals surface area contributed by atoms with Gasteiger partial charge in [-0.1, -0.05) is 12.6 Å². The van der Waals surface area contributed by atoms with E-state index >= 15 is 0 Å². The number of fused-ring (bicyclic) bond motifs is 1. The first-order valence-corrected chi connectivity index (χ1v) is 11.5. The Morgan fingerprint density at radius 3 is 2.74 bits per heavy atom. The highest BCUT2D eigenvalue weighted by molar-refractivity contribution is 5.87. The summed E-state index contributed by atoms with van der Waals surface area (Å²) < 4.78 is 27.2. The fourth-order valence-electron chi connectivity index (χ4n) is 4.53. The SMILES string of the molecule is C=CC(=O)N1CCCCC1c1nc(-c2ccc(Oc3cccc(OC)c3F)cc2)c2cnccn12. The zero-order chi connectivity index (χ0) is 24.4. The van der Waals surface area contributed by atoms with Crippen LogP contribution in [0.3, 0.4) is 0 Å². The summed E-state index contributed by atoms with van der Waals surface area (Å²) in [7, 11) is 1.41. The van der Waals surface area contributed by atoms with E-state index in [1.165, 1.54) is 19.3 Å². The Kier molecular flexibility index (Phi) is 6.18. The summed E-state index contributed by atoms with van der Waals surface area (Å²) in [5.74, 6) is 0.842. The van der Waals surface area contributed by atoms with E-state index in [2.05, 4.69) is 11.6 Å². The number of aromatic nitrogens is 3. The Bertz CT molecular complexity index is 1380. The summed E-state index contributed by atoms with van der Waals surface area (Å²) in [4.78, 5) is 23.6. The van der Waals surface area contributed by atoms with Crippen LogP contribution in [0.15, 0.2) is 73.7 Å². The molecule has 1 aliphatic heterocycles. The zero-order valence-electron chi connectivity index (χ0n) is 19.4. The molecule has 1 fully saturated rings. The number of methoxy groups -OCH3 is 1. The van der Waals surface area contributed by atoms with Gasteiger partial charge in [0, 0.05) is 24.5 Å². The molecule has 1 unspecified atom stereocenters. The number of hydrogen-bond donors (Lipinski definition) is 0. The molecule has 0 aliphatic carbocycles. The first kappa shape index (κ1) is 22.6. The van der Waals surface area contributed by atoms with E-state index in [0.717, 1.165) is 41.9 Å². The van der Waals surface area contributed by atoms with Gasteiger partial charge < -0.3 is 14.4 Å². The first-order valence-electron chi connectivity index (χ1n) is 11.5. The quantitative estimate of drug-likeness (QED) is 0.343. The number of imidazole rings is 1. The van der Waals surface area contributed by atoms with Crippen LogP contribution in [-0.2, 0) is 4.79 Å². The molecule has 4 aromatic rings. The second-order valence-electron chi connectivity index (χ2n) is 8.30. The fourth-order valence-corrected chi connectivity index (χ4v) is 4.53. The van der Waals surface area contributed by atoms with Gasteiger partial charge in [0.15, 0.2) is 11.5 Å². The van der Waals surface area contributed by atoms with E-state index in [9.17, 15) is 9.18 Å². The number of carbonyl (C=O) groups excluding carboxylic acids is 1. The summed E-state index contributed by atoms with van der Waals surface area (Å²) in [5, 5.41) is 0. The Labute approximate surface area is 202 Å². The molecular formula is C27H25FN4O3. The molecule has 8 heteroatoms. The van der Waals surface area contributed by atoms with Crippen LogP contribution in [0.4, 0.5) is 4.39 Å². The predicted molar refractivity (Wildman–Crippen MR) is 130 cm³/mol. The molecule has 0 N–H and O–H groups in total. The van der Waals surface area contributed by atoms with Crippen molar-refractivity contribution in [2.75, 3.05) is 13.7 Å². The number of likely N-dealkylation sites (tertiary alicyclic amines) is 1. The van der Waals surface area contributed by atoms with Crippen molar-refractivity contribution < 1.29 is 18.7 Å². The molecular weight excluding hydrogens is 447 g/mol. The zero-order valence-corrected chi connectivity index (χ0v) is 19.4. The number of amides is 1. The van der Waals surface area contributed by atoms with Crippen LogP contribution in [0, 0.1) is 5.82 Å². The van der Waals surface area contributed by atoms with E-state index in [1.807, 2.05) is 27.6 Å². The van der Waals surface area contributed by atoms with Crippen LogP contribution in [0.5, 0.6) is 17.2 Å². The van der Waals surface area contributed by atoms with Crippen LogP contribution in [0.2, 0.25) is 0 Å². The number of ether oxygens (including phenoxy) is 2. The van der Waals surface area contributed by atoms with Crippen molar-refractivity contribution in [1.82, 2.24) is 19.3 Å². The van der Waals surface area contributed by atoms with Gasteiger partial charge >= 0.3 is 0 Å². The topological polar surface area (TPSA) is 69.0 Å². The number of nitrogens with zero attached hydrogens (tertiary/aromatic N) is 4. The lowest BCUT2D eigenvalue weighted by atomic mass is 10.0. The maximum atomic E-state index is 14.5. The number of halogens is 1. The summed E-state index contributed by atoms with van der Waals surface area (Å²) in [6.45, 7) is 4.34. The predicted octanol–water partition coefficient (Wildman–Crippen LogP) is 5.58. The van der Waals surface area contributed by atoms with Gasteiger partial charge in [-0.15, -0.1) is 0 Å². The molecule has 0 saturated carbocycles. The van der Waals surface area contributed by atoms with Crippen LogP contribution < -0.4 is 9.47 Å². The molecule has 3 heterocycles. The minimum absolute atomic E-state index is 0.0836. The molecule has 1 saturated heterocycles. The Morgan fingerprint density at radius 2 is 1.97 bits per heavy atom. The molecule has 0 radical (unpaired) electrons. The molecule has 1 aliphatic rings. The van der Waals surface area contributed by atoms with Crippen molar-refractivity contribution in [2.45, 2.75) is 25.3 Å². The highest BCUT2D eigenvalue weighted by Gasteiger charge is 2.31. The molecule has 5 rings (SSSR count). The molecule has 0 bridgehead atoms. The highest BCUT2D eigenvalue weighted by Crippen LogP contribution is 2.35. The lowest BCUT2D eigenvalue weighted by Gasteiger charge is -2.34. The number of piperidine rings is 1. The van der Waals surface area contributed by atoms with E-state index in [4.69, 9.17) is 14.5 Å². The fraction of sp³-hybridized carbons (Fsp3) is 0.222. The number of rotatable bonds is 6. The van der Waals surface area contributed by atoms with Crippen LogP contribution in [-0.4, -0.2) is 38.8 Å². The Morgan fingerprint density at radius 1 is 1.17 bits per heavy atom. The standard InChI is InChI=1S/C27H25FN4O3/c1-3-24(33)31-15-5-4-7-20(31)27-30-26(21-17-29-14-16-32(21)27)18-10-12-19(13-11-18)35-23-9-6-8-22(34-2)25(23)28/h3,6,8-14,16-17,20H,1,4-5,7,15H2,2H3. The average molecular weight is 473 g/mol. The van der Waals surface area contributed by atoms with Gasteiger partial charge in [-0.3, -0.25) is 14.2 Å². The van der Waals surface area contributed by atoms with E-state index in [1.54, 1.807) is 36.7 Å². The van der Waals surface area contributed by atoms with Crippen LogP contribution in [0.1, 0.15) is 31.1 Å². The summed E-state index contributed by atoms with van der Waals surface area (Å²) in [5.41, 5.74) is 2.45. The lowest BCUT2D eigenvalue weighted by Crippen LogP contribution is -2.38. The third kappa shape index (κ3) is 4.23. The highest BCUT2D eigenvalue weighted by atomic mass is 19.1. The van der Waals surface area contributed by atoms with Crippen molar-refractivity contribution in [1.29, 1.82) is 0 Å². The van der Waals surface area contributed by atoms with Crippen molar-refractivity contribution >= 4 is 11.4 Å². The third-order valence-corrected chi connectivity index (χ3v) is 6.24. The van der Waals surface area contributed by atoms with E-state index in [-0.39, 0.29) is 23.4 Å². The van der Waals surface area contributed by atoms with Gasteiger partial charge in [0.05, 0.1) is 30.6 Å². The van der Waals surface area contributed by atoms with Gasteiger partial charge in [-0.05, 0) is 61.7 Å². The van der Waals surface area contributed by atoms with Crippen LogP contribution in [0.25, 0.3) is 16.8 Å². The molecule has 7 nitrogen and oxygen atoms in total. The number of hydrogen-bond acceptors (Lipinski definition) is 5. The van der Waals surface area contributed by atoms with Crippen LogP contribution >= 0.6 is 0 Å². The maximum Gasteiger partial charge on any atom is 0.246 e. The molecule has 178 valence electrons. The average Bonchev–Trinajstić information content (AvgIpc) is 3.29. The normalized spacial score (nSPS) is 15.7. The van der Waals surface area contributed by atoms with Crippen molar-refractivity contribution in [3.05, 3.63) is 85.4 Å². The minimum Gasteiger partial charge on any atom is -0.494 e. The van der Waals surface area contributed by atoms with Gasteiger partial charge in [0.2, 0.25) is 11.7 Å². The smallest absolute Gasteiger partial charge is 0.246 e. The molecule has 0 spiro atoms. The third-order valence-electron chi connectivity index (χ3n) is 6.24. The van der Waals surface area contributed by atoms with Crippen molar-refractivity contribution in [3.63, 3.8) is 0 Å². The monoisotopic (exact) mass is 472 g/mol. The summed E-state index contributed by atoms with van der Waals surface area (Å²) in [6, 6.07) is 11.9. The molecule has 1 amide bonds. The van der Waals surface area contributed by atoms with Gasteiger partial charge in [0.1, 0.15) is 11.6 Å². The molecule has 35 heavy (non-hydrogen) atoms. The number of carbonyl (C=O) groups is 1. The largest absolute Gasteiger partial charge is 0.494 e. The van der Waals surface area contributed by atoms with Gasteiger partial charge in [-0.2, -0.15) is 4.39 Å². The van der Waals surface area contributed by atoms with Gasteiger partial charge in [0.25, 0.3) is 0 Å². The van der Waals surface area contributed by atoms with Crippen molar-refractivity contribution in [3.8, 4) is 28.5 Å².